The quantitative estimate of drug-likeness (QED) is 0.770. The number of hydrogen-bond acceptors (Lipinski definition) is 3. The van der Waals surface area contributed by atoms with Crippen LogP contribution in [0, 0.1) is 5.92 Å². The average Bonchev–Trinajstić information content (AvgIpc) is 2.96. The Hall–Kier alpha value is -0.610. The van der Waals surface area contributed by atoms with Crippen molar-refractivity contribution in [3.05, 3.63) is 0 Å². The Morgan fingerprint density at radius 2 is 2.12 bits per heavy atom. The molecule has 2 aliphatic carbocycles. The van der Waals surface area contributed by atoms with Crippen LogP contribution >= 0.6 is 0 Å². The molecule has 4 heteroatoms. The monoisotopic (exact) mass is 241 g/mol. The van der Waals surface area contributed by atoms with Crippen molar-refractivity contribution in [1.29, 1.82) is 0 Å². The molecule has 2 fully saturated rings. The number of likely N-dealkylation sites (N-methyl/N-ethyl adjacent to an activating group) is 1. The fraction of sp³-hybridized carbons (Fsp3) is 0.923. The van der Waals surface area contributed by atoms with Crippen molar-refractivity contribution in [2.75, 3.05) is 13.7 Å². The molecule has 0 radical (unpaired) electrons. The van der Waals surface area contributed by atoms with Crippen LogP contribution in [0.2, 0.25) is 0 Å². The van der Waals surface area contributed by atoms with Gasteiger partial charge in [0.1, 0.15) is 5.54 Å². The lowest BCUT2D eigenvalue weighted by Crippen LogP contribution is -2.48. The summed E-state index contributed by atoms with van der Waals surface area (Å²) in [4.78, 5) is 11.2. The Bertz CT molecular complexity index is 276. The van der Waals surface area contributed by atoms with Crippen LogP contribution in [-0.4, -0.2) is 36.4 Å². The summed E-state index contributed by atoms with van der Waals surface area (Å²) in [6, 6.07) is 0. The number of ether oxygens (including phenoxy) is 1. The SMILES string of the molecule is CNC1(C(=O)O)CCC(OCC2CCCC2)C1. The minimum atomic E-state index is -0.750. The van der Waals surface area contributed by atoms with Gasteiger partial charge in [-0.2, -0.15) is 0 Å². The summed E-state index contributed by atoms with van der Waals surface area (Å²) in [6.45, 7) is 0.823. The lowest BCUT2D eigenvalue weighted by atomic mass is 9.98. The summed E-state index contributed by atoms with van der Waals surface area (Å²) >= 11 is 0. The smallest absolute Gasteiger partial charge is 0.323 e. The second-order valence-corrected chi connectivity index (χ2v) is 5.49. The number of carboxylic acid groups (broad SMARTS) is 1. The van der Waals surface area contributed by atoms with Gasteiger partial charge in [-0.05, 0) is 38.6 Å². The number of aliphatic carboxylic acids is 1. The molecule has 0 aliphatic heterocycles. The van der Waals surface area contributed by atoms with E-state index in [1.165, 1.54) is 25.7 Å². The van der Waals surface area contributed by atoms with Gasteiger partial charge in [0.15, 0.2) is 0 Å². The number of nitrogens with one attached hydrogen (secondary N) is 1. The molecule has 0 aromatic carbocycles. The van der Waals surface area contributed by atoms with Crippen molar-refractivity contribution in [1.82, 2.24) is 5.32 Å². The minimum absolute atomic E-state index is 0.124. The molecule has 2 atom stereocenters. The normalized spacial score (nSPS) is 34.3. The Labute approximate surface area is 103 Å². The van der Waals surface area contributed by atoms with Gasteiger partial charge >= 0.3 is 5.97 Å². The molecule has 2 N–H and O–H groups in total. The molecule has 0 heterocycles. The van der Waals surface area contributed by atoms with E-state index in [0.717, 1.165) is 13.0 Å². The Morgan fingerprint density at radius 1 is 1.41 bits per heavy atom. The van der Waals surface area contributed by atoms with Crippen LogP contribution in [-0.2, 0) is 9.53 Å². The summed E-state index contributed by atoms with van der Waals surface area (Å²) in [5.74, 6) is -0.0311. The Morgan fingerprint density at radius 3 is 2.65 bits per heavy atom. The van der Waals surface area contributed by atoms with Gasteiger partial charge in [-0.3, -0.25) is 4.79 Å². The molecule has 2 aliphatic rings. The van der Waals surface area contributed by atoms with Crippen LogP contribution in [0.25, 0.3) is 0 Å². The van der Waals surface area contributed by atoms with Gasteiger partial charge < -0.3 is 15.2 Å². The molecule has 0 amide bonds. The van der Waals surface area contributed by atoms with E-state index in [9.17, 15) is 9.90 Å². The third-order valence-corrected chi connectivity index (χ3v) is 4.40. The van der Waals surface area contributed by atoms with E-state index in [0.29, 0.717) is 18.8 Å². The van der Waals surface area contributed by atoms with Gasteiger partial charge in [0.25, 0.3) is 0 Å². The fourth-order valence-corrected chi connectivity index (χ4v) is 3.12. The first-order valence-electron chi connectivity index (χ1n) is 6.70. The summed E-state index contributed by atoms with van der Waals surface area (Å²) < 4.78 is 5.89. The fourth-order valence-electron chi connectivity index (χ4n) is 3.12. The molecule has 98 valence electrons. The highest BCUT2D eigenvalue weighted by Gasteiger charge is 2.44. The molecule has 0 aromatic rings. The third kappa shape index (κ3) is 2.80. The maximum absolute atomic E-state index is 11.2. The molecule has 2 unspecified atom stereocenters. The van der Waals surface area contributed by atoms with E-state index >= 15 is 0 Å². The van der Waals surface area contributed by atoms with Crippen LogP contribution < -0.4 is 5.32 Å². The van der Waals surface area contributed by atoms with Crippen molar-refractivity contribution < 1.29 is 14.6 Å². The van der Waals surface area contributed by atoms with Crippen LogP contribution in [0.4, 0.5) is 0 Å². The van der Waals surface area contributed by atoms with Gasteiger partial charge in [-0.1, -0.05) is 12.8 Å². The largest absolute Gasteiger partial charge is 0.480 e. The van der Waals surface area contributed by atoms with Crippen LogP contribution in [0.1, 0.15) is 44.9 Å². The predicted molar refractivity (Wildman–Crippen MR) is 65.0 cm³/mol. The van der Waals surface area contributed by atoms with Gasteiger partial charge in [-0.15, -0.1) is 0 Å². The molecule has 0 saturated heterocycles. The third-order valence-electron chi connectivity index (χ3n) is 4.40. The molecule has 0 bridgehead atoms. The average molecular weight is 241 g/mol. The maximum Gasteiger partial charge on any atom is 0.323 e. The zero-order chi connectivity index (χ0) is 12.3. The van der Waals surface area contributed by atoms with Crippen molar-refractivity contribution in [2.24, 2.45) is 5.92 Å². The lowest BCUT2D eigenvalue weighted by molar-refractivity contribution is -0.144. The van der Waals surface area contributed by atoms with Gasteiger partial charge in [0.2, 0.25) is 0 Å². The first kappa shape index (κ1) is 12.8. The summed E-state index contributed by atoms with van der Waals surface area (Å²) in [7, 11) is 1.73. The number of carbonyl (C=O) groups is 1. The molecular weight excluding hydrogens is 218 g/mol. The molecule has 4 nitrogen and oxygen atoms in total. The predicted octanol–water partition coefficient (Wildman–Crippen LogP) is 1.79. The highest BCUT2D eigenvalue weighted by molar-refractivity contribution is 5.79. The highest BCUT2D eigenvalue weighted by atomic mass is 16.5. The second kappa shape index (κ2) is 5.36. The van der Waals surface area contributed by atoms with Crippen molar-refractivity contribution in [3.8, 4) is 0 Å². The van der Waals surface area contributed by atoms with Gasteiger partial charge in [-0.25, -0.2) is 0 Å². The molecular formula is C13H23NO3. The first-order chi connectivity index (χ1) is 8.16. The van der Waals surface area contributed by atoms with Gasteiger partial charge in [0, 0.05) is 13.0 Å². The molecule has 17 heavy (non-hydrogen) atoms. The Balaban J connectivity index is 1.78. The second-order valence-electron chi connectivity index (χ2n) is 5.49. The summed E-state index contributed by atoms with van der Waals surface area (Å²) in [6.07, 6.45) is 7.48. The molecule has 0 spiro atoms. The Kier molecular flexibility index (Phi) is 4.05. The number of hydrogen-bond donors (Lipinski definition) is 2. The van der Waals surface area contributed by atoms with Crippen LogP contribution in [0.15, 0.2) is 0 Å². The van der Waals surface area contributed by atoms with E-state index < -0.39 is 11.5 Å². The zero-order valence-corrected chi connectivity index (χ0v) is 10.6. The molecule has 2 saturated carbocycles. The first-order valence-corrected chi connectivity index (χ1v) is 6.70. The number of carboxylic acids is 1. The standard InChI is InChI=1S/C13H23NO3/c1-14-13(12(15)16)7-6-11(8-13)17-9-10-4-2-3-5-10/h10-11,14H,2-9H2,1H3,(H,15,16). The van der Waals surface area contributed by atoms with Crippen molar-refractivity contribution >= 4 is 5.97 Å². The van der Waals surface area contributed by atoms with Crippen molar-refractivity contribution in [2.45, 2.75) is 56.6 Å². The van der Waals surface area contributed by atoms with Crippen LogP contribution in [0.3, 0.4) is 0 Å². The minimum Gasteiger partial charge on any atom is -0.480 e. The van der Waals surface area contributed by atoms with E-state index in [2.05, 4.69) is 5.32 Å². The van der Waals surface area contributed by atoms with Gasteiger partial charge in [0.05, 0.1) is 6.10 Å². The van der Waals surface area contributed by atoms with E-state index in [1.54, 1.807) is 7.05 Å². The highest BCUT2D eigenvalue weighted by Crippen LogP contribution is 2.33. The lowest BCUT2D eigenvalue weighted by Gasteiger charge is -2.23. The number of rotatable bonds is 5. The maximum atomic E-state index is 11.2. The summed E-state index contributed by atoms with van der Waals surface area (Å²) in [5, 5.41) is 12.2. The zero-order valence-electron chi connectivity index (χ0n) is 10.6. The van der Waals surface area contributed by atoms with Crippen LogP contribution in [0.5, 0.6) is 0 Å². The van der Waals surface area contributed by atoms with E-state index in [4.69, 9.17) is 4.74 Å². The summed E-state index contributed by atoms with van der Waals surface area (Å²) in [5.41, 5.74) is -0.750. The molecule has 0 aromatic heterocycles. The van der Waals surface area contributed by atoms with Crippen molar-refractivity contribution in [3.63, 3.8) is 0 Å². The van der Waals surface area contributed by atoms with E-state index in [-0.39, 0.29) is 6.10 Å². The molecule has 2 rings (SSSR count). The topological polar surface area (TPSA) is 58.6 Å². The van der Waals surface area contributed by atoms with E-state index in [1.807, 2.05) is 0 Å².